The molecule has 1 atom stereocenters. The molecule has 2 heterocycles. The third-order valence-electron chi connectivity index (χ3n) is 4.67. The SMILES string of the molecule is Cc1ccc(C)n1-c1c(C(=O)NCC(C(=O)O)c2ccc(F)cc2)cnn1C. The minimum absolute atomic E-state index is 0.127. The van der Waals surface area contributed by atoms with Gasteiger partial charge < -0.3 is 15.0 Å². The molecule has 0 fully saturated rings. The van der Waals surface area contributed by atoms with E-state index >= 15 is 0 Å². The molecule has 0 aliphatic rings. The molecule has 0 spiro atoms. The highest BCUT2D eigenvalue weighted by Crippen LogP contribution is 2.21. The van der Waals surface area contributed by atoms with E-state index in [1.807, 2.05) is 30.5 Å². The topological polar surface area (TPSA) is 89.2 Å². The van der Waals surface area contributed by atoms with Crippen molar-refractivity contribution in [2.45, 2.75) is 19.8 Å². The Hall–Kier alpha value is -3.42. The zero-order valence-corrected chi connectivity index (χ0v) is 15.8. The zero-order chi connectivity index (χ0) is 20.4. The number of benzene rings is 1. The van der Waals surface area contributed by atoms with Crippen LogP contribution in [0.1, 0.15) is 33.2 Å². The highest BCUT2D eigenvalue weighted by atomic mass is 19.1. The van der Waals surface area contributed by atoms with E-state index in [0.29, 0.717) is 16.9 Å². The number of amides is 1. The molecular weight excluding hydrogens is 363 g/mol. The minimum atomic E-state index is -1.10. The first-order chi connectivity index (χ1) is 13.3. The van der Waals surface area contributed by atoms with Crippen LogP contribution < -0.4 is 5.32 Å². The molecule has 8 heteroatoms. The largest absolute Gasteiger partial charge is 0.481 e. The van der Waals surface area contributed by atoms with E-state index in [1.54, 1.807) is 11.7 Å². The summed E-state index contributed by atoms with van der Waals surface area (Å²) in [5.41, 5.74) is 2.65. The number of hydrogen-bond acceptors (Lipinski definition) is 3. The molecular formula is C20H21FN4O3. The molecule has 2 N–H and O–H groups in total. The van der Waals surface area contributed by atoms with E-state index in [2.05, 4.69) is 10.4 Å². The summed E-state index contributed by atoms with van der Waals surface area (Å²) in [6, 6.07) is 9.09. The summed E-state index contributed by atoms with van der Waals surface area (Å²) in [6.45, 7) is 3.73. The fourth-order valence-electron chi connectivity index (χ4n) is 3.19. The predicted molar refractivity (Wildman–Crippen MR) is 101 cm³/mol. The number of nitrogens with zero attached hydrogens (tertiary/aromatic N) is 3. The van der Waals surface area contributed by atoms with Gasteiger partial charge in [0.2, 0.25) is 0 Å². The fourth-order valence-corrected chi connectivity index (χ4v) is 3.19. The first-order valence-electron chi connectivity index (χ1n) is 8.73. The number of carboxylic acid groups (broad SMARTS) is 1. The van der Waals surface area contributed by atoms with Crippen LogP contribution in [0.25, 0.3) is 5.82 Å². The van der Waals surface area contributed by atoms with Crippen LogP contribution in [0.5, 0.6) is 0 Å². The number of rotatable bonds is 6. The third-order valence-corrected chi connectivity index (χ3v) is 4.67. The molecule has 146 valence electrons. The Labute approximate surface area is 161 Å². The minimum Gasteiger partial charge on any atom is -0.481 e. The second-order valence-corrected chi connectivity index (χ2v) is 6.61. The average Bonchev–Trinajstić information content (AvgIpc) is 3.18. The Kier molecular flexibility index (Phi) is 5.30. The van der Waals surface area contributed by atoms with Crippen LogP contribution in [-0.4, -0.2) is 37.9 Å². The van der Waals surface area contributed by atoms with Crippen LogP contribution in [-0.2, 0) is 11.8 Å². The summed E-state index contributed by atoms with van der Waals surface area (Å²) in [6.07, 6.45) is 1.46. The van der Waals surface area contributed by atoms with E-state index in [0.717, 1.165) is 11.4 Å². The first kappa shape index (κ1) is 19.3. The number of aliphatic carboxylic acids is 1. The van der Waals surface area contributed by atoms with Crippen molar-refractivity contribution in [3.8, 4) is 5.82 Å². The monoisotopic (exact) mass is 384 g/mol. The van der Waals surface area contributed by atoms with Crippen LogP contribution in [0.4, 0.5) is 4.39 Å². The van der Waals surface area contributed by atoms with E-state index < -0.39 is 23.6 Å². The van der Waals surface area contributed by atoms with Crippen molar-refractivity contribution in [3.05, 3.63) is 70.9 Å². The molecule has 3 rings (SSSR count). The summed E-state index contributed by atoms with van der Waals surface area (Å²) in [5.74, 6) is -2.36. The number of carboxylic acids is 1. The second kappa shape index (κ2) is 7.67. The van der Waals surface area contributed by atoms with Gasteiger partial charge in [0.1, 0.15) is 17.2 Å². The third kappa shape index (κ3) is 3.66. The molecule has 0 saturated heterocycles. The van der Waals surface area contributed by atoms with Crippen molar-refractivity contribution >= 4 is 11.9 Å². The van der Waals surface area contributed by atoms with Crippen LogP contribution in [0, 0.1) is 19.7 Å². The molecule has 1 unspecified atom stereocenters. The van der Waals surface area contributed by atoms with Gasteiger partial charge in [0.25, 0.3) is 5.91 Å². The van der Waals surface area contributed by atoms with Gasteiger partial charge in [-0.3, -0.25) is 14.3 Å². The van der Waals surface area contributed by atoms with Crippen LogP contribution in [0.2, 0.25) is 0 Å². The maximum absolute atomic E-state index is 13.1. The standard InChI is InChI=1S/C20H21FN4O3/c1-12-4-5-13(2)25(12)19-17(11-23-24(19)3)18(26)22-10-16(20(27)28)14-6-8-15(21)9-7-14/h4-9,11,16H,10H2,1-3H3,(H,22,26)(H,27,28). The Morgan fingerprint density at radius 2 is 1.75 bits per heavy atom. The molecule has 1 amide bonds. The van der Waals surface area contributed by atoms with Crippen molar-refractivity contribution < 1.29 is 19.1 Å². The van der Waals surface area contributed by atoms with E-state index in [4.69, 9.17) is 0 Å². The lowest BCUT2D eigenvalue weighted by molar-refractivity contribution is -0.138. The zero-order valence-electron chi connectivity index (χ0n) is 15.8. The fraction of sp³-hybridized carbons (Fsp3) is 0.250. The van der Waals surface area contributed by atoms with Gasteiger partial charge in [-0.1, -0.05) is 12.1 Å². The first-order valence-corrected chi connectivity index (χ1v) is 8.73. The smallest absolute Gasteiger partial charge is 0.312 e. The molecule has 0 aliphatic carbocycles. The highest BCUT2D eigenvalue weighted by Gasteiger charge is 2.24. The number of nitrogens with one attached hydrogen (secondary N) is 1. The molecule has 2 aromatic heterocycles. The molecule has 1 aromatic carbocycles. The molecule has 0 radical (unpaired) electrons. The van der Waals surface area contributed by atoms with Crippen LogP contribution >= 0.6 is 0 Å². The van der Waals surface area contributed by atoms with Gasteiger partial charge in [-0.15, -0.1) is 0 Å². The summed E-state index contributed by atoms with van der Waals surface area (Å²) < 4.78 is 16.6. The Balaban J connectivity index is 1.84. The normalized spacial score (nSPS) is 12.0. The van der Waals surface area contributed by atoms with Crippen molar-refractivity contribution in [1.29, 1.82) is 0 Å². The van der Waals surface area contributed by atoms with Gasteiger partial charge in [-0.25, -0.2) is 4.39 Å². The number of aryl methyl sites for hydroxylation is 3. The van der Waals surface area contributed by atoms with Gasteiger partial charge in [0.05, 0.1) is 12.1 Å². The highest BCUT2D eigenvalue weighted by molar-refractivity contribution is 5.97. The molecule has 0 saturated carbocycles. The second-order valence-electron chi connectivity index (χ2n) is 6.61. The number of aromatic nitrogens is 3. The Morgan fingerprint density at radius 1 is 1.14 bits per heavy atom. The number of carbonyl (C=O) groups excluding carboxylic acids is 1. The summed E-state index contributed by atoms with van der Waals surface area (Å²) >= 11 is 0. The average molecular weight is 384 g/mol. The maximum Gasteiger partial charge on any atom is 0.312 e. The van der Waals surface area contributed by atoms with E-state index in [1.165, 1.54) is 30.5 Å². The van der Waals surface area contributed by atoms with E-state index in [9.17, 15) is 19.1 Å². The lowest BCUT2D eigenvalue weighted by atomic mass is 9.99. The van der Waals surface area contributed by atoms with Gasteiger partial charge in [-0.05, 0) is 43.7 Å². The Bertz CT molecular complexity index is 1000. The van der Waals surface area contributed by atoms with Crippen molar-refractivity contribution in [3.63, 3.8) is 0 Å². The maximum atomic E-state index is 13.1. The molecule has 7 nitrogen and oxygen atoms in total. The van der Waals surface area contributed by atoms with Gasteiger partial charge in [0, 0.05) is 25.0 Å². The predicted octanol–water partition coefficient (Wildman–Crippen LogP) is 2.56. The van der Waals surface area contributed by atoms with Crippen LogP contribution in [0.3, 0.4) is 0 Å². The summed E-state index contributed by atoms with van der Waals surface area (Å²) in [5, 5.41) is 16.3. The van der Waals surface area contributed by atoms with E-state index in [-0.39, 0.29) is 6.54 Å². The van der Waals surface area contributed by atoms with Gasteiger partial charge >= 0.3 is 5.97 Å². The van der Waals surface area contributed by atoms with Crippen LogP contribution in [0.15, 0.2) is 42.6 Å². The Morgan fingerprint density at radius 3 is 2.32 bits per heavy atom. The molecule has 28 heavy (non-hydrogen) atoms. The van der Waals surface area contributed by atoms with Gasteiger partial charge in [0.15, 0.2) is 0 Å². The number of halogens is 1. The van der Waals surface area contributed by atoms with Crippen molar-refractivity contribution in [1.82, 2.24) is 19.7 Å². The van der Waals surface area contributed by atoms with Gasteiger partial charge in [-0.2, -0.15) is 5.10 Å². The number of hydrogen-bond donors (Lipinski definition) is 2. The molecule has 0 aliphatic heterocycles. The summed E-state index contributed by atoms with van der Waals surface area (Å²) in [4.78, 5) is 24.4. The quantitative estimate of drug-likeness (QED) is 0.684. The lowest BCUT2D eigenvalue weighted by Crippen LogP contribution is -2.32. The van der Waals surface area contributed by atoms with Crippen molar-refractivity contribution in [2.75, 3.05) is 6.54 Å². The lowest BCUT2D eigenvalue weighted by Gasteiger charge is -2.15. The number of carbonyl (C=O) groups is 2. The molecule has 0 bridgehead atoms. The summed E-state index contributed by atoms with van der Waals surface area (Å²) in [7, 11) is 1.74. The van der Waals surface area contributed by atoms with Crippen molar-refractivity contribution in [2.24, 2.45) is 7.05 Å². The molecule has 3 aromatic rings.